The van der Waals surface area contributed by atoms with Crippen LogP contribution in [0.15, 0.2) is 0 Å². The molecule has 0 spiro atoms. The van der Waals surface area contributed by atoms with Crippen molar-refractivity contribution in [3.63, 3.8) is 0 Å². The number of hydrogen-bond acceptors (Lipinski definition) is 3. The molecule has 2 heterocycles. The average molecular weight is 390 g/mol. The molecule has 0 aromatic carbocycles. The Kier molecular flexibility index (Phi) is 5.67. The van der Waals surface area contributed by atoms with Crippen LogP contribution in [-0.2, 0) is 14.4 Å². The molecule has 0 radical (unpaired) electrons. The minimum absolute atomic E-state index is 0.0769. The number of carbonyl (C=O) groups is 3. The molecule has 4 atom stereocenters. The SMILES string of the molecule is O=C(O)[C@@H]1CN(C(=O)C2CCCCC2C(=O)N2CCCC2)C[C@H]1C(F)(F)F. The molecule has 3 rings (SSSR count). The van der Waals surface area contributed by atoms with Crippen LogP contribution in [-0.4, -0.2) is 65.0 Å². The number of halogens is 3. The lowest BCUT2D eigenvalue weighted by atomic mass is 9.77. The lowest BCUT2D eigenvalue weighted by molar-refractivity contribution is -0.188. The van der Waals surface area contributed by atoms with E-state index in [1.165, 1.54) is 0 Å². The highest BCUT2D eigenvalue weighted by molar-refractivity contribution is 5.88. The zero-order valence-electron chi connectivity index (χ0n) is 15.1. The molecule has 3 aliphatic rings. The van der Waals surface area contributed by atoms with E-state index in [2.05, 4.69) is 0 Å². The van der Waals surface area contributed by atoms with E-state index in [0.717, 1.165) is 30.6 Å². The van der Waals surface area contributed by atoms with E-state index in [0.29, 0.717) is 25.9 Å². The molecule has 1 aliphatic carbocycles. The van der Waals surface area contributed by atoms with E-state index < -0.39 is 54.8 Å². The summed E-state index contributed by atoms with van der Waals surface area (Å²) in [7, 11) is 0. The Labute approximate surface area is 155 Å². The summed E-state index contributed by atoms with van der Waals surface area (Å²) in [5.41, 5.74) is 0. The Balaban J connectivity index is 1.74. The molecule has 2 saturated heterocycles. The maximum Gasteiger partial charge on any atom is 0.394 e. The van der Waals surface area contributed by atoms with Gasteiger partial charge < -0.3 is 14.9 Å². The van der Waals surface area contributed by atoms with Gasteiger partial charge in [0, 0.05) is 38.0 Å². The number of rotatable bonds is 3. The van der Waals surface area contributed by atoms with Gasteiger partial charge in [-0.2, -0.15) is 13.2 Å². The zero-order chi connectivity index (χ0) is 19.8. The van der Waals surface area contributed by atoms with Gasteiger partial charge in [0.05, 0.1) is 11.8 Å². The number of carboxylic acids is 1. The Morgan fingerprint density at radius 3 is 1.74 bits per heavy atom. The molecule has 152 valence electrons. The Hall–Kier alpha value is -1.80. The molecule has 6 nitrogen and oxygen atoms in total. The normalized spacial score (nSPS) is 32.0. The number of hydrogen-bond donors (Lipinski definition) is 1. The number of carboxylic acid groups (broad SMARTS) is 1. The summed E-state index contributed by atoms with van der Waals surface area (Å²) >= 11 is 0. The minimum Gasteiger partial charge on any atom is -0.481 e. The third-order valence-corrected chi connectivity index (χ3v) is 6.19. The molecule has 0 bridgehead atoms. The van der Waals surface area contributed by atoms with Gasteiger partial charge in [-0.1, -0.05) is 12.8 Å². The molecule has 2 aliphatic heterocycles. The molecular formula is C18H25F3N2O4. The van der Waals surface area contributed by atoms with Crippen molar-refractivity contribution in [1.29, 1.82) is 0 Å². The second-order valence-corrected chi connectivity index (χ2v) is 7.87. The van der Waals surface area contributed by atoms with Crippen molar-refractivity contribution < 1.29 is 32.7 Å². The number of aliphatic carboxylic acids is 1. The predicted molar refractivity (Wildman–Crippen MR) is 88.5 cm³/mol. The molecule has 1 saturated carbocycles. The van der Waals surface area contributed by atoms with Gasteiger partial charge in [0.2, 0.25) is 11.8 Å². The first kappa shape index (κ1) is 19.9. The quantitative estimate of drug-likeness (QED) is 0.801. The number of nitrogens with zero attached hydrogens (tertiary/aromatic N) is 2. The Morgan fingerprint density at radius 2 is 1.30 bits per heavy atom. The highest BCUT2D eigenvalue weighted by atomic mass is 19.4. The minimum atomic E-state index is -4.67. The zero-order valence-corrected chi connectivity index (χ0v) is 15.1. The third kappa shape index (κ3) is 4.06. The molecule has 9 heteroatoms. The second kappa shape index (κ2) is 7.67. The molecule has 0 aromatic heterocycles. The van der Waals surface area contributed by atoms with E-state index in [4.69, 9.17) is 5.11 Å². The molecular weight excluding hydrogens is 365 g/mol. The van der Waals surface area contributed by atoms with Gasteiger partial charge in [0.1, 0.15) is 0 Å². The van der Waals surface area contributed by atoms with Crippen molar-refractivity contribution in [3.8, 4) is 0 Å². The fourth-order valence-corrected chi connectivity index (χ4v) is 4.69. The predicted octanol–water partition coefficient (Wildman–Crippen LogP) is 2.14. The van der Waals surface area contributed by atoms with Crippen LogP contribution in [0.3, 0.4) is 0 Å². The van der Waals surface area contributed by atoms with Crippen LogP contribution in [0.4, 0.5) is 13.2 Å². The lowest BCUT2D eigenvalue weighted by Crippen LogP contribution is -2.46. The maximum atomic E-state index is 13.2. The summed E-state index contributed by atoms with van der Waals surface area (Å²) < 4.78 is 39.6. The number of likely N-dealkylation sites (tertiary alicyclic amines) is 2. The average Bonchev–Trinajstić information content (AvgIpc) is 3.29. The first-order chi connectivity index (χ1) is 12.7. The first-order valence-electron chi connectivity index (χ1n) is 9.57. The van der Waals surface area contributed by atoms with Crippen LogP contribution < -0.4 is 0 Å². The van der Waals surface area contributed by atoms with Crippen LogP contribution in [0.5, 0.6) is 0 Å². The standard InChI is InChI=1S/C18H25F3N2O4/c19-18(20,21)14-10-23(9-13(14)17(26)27)16(25)12-6-2-1-5-11(12)15(24)22-7-3-4-8-22/h11-14H,1-10H2,(H,26,27)/t11?,12?,13-,14-/m1/s1. The van der Waals surface area contributed by atoms with Crippen LogP contribution >= 0.6 is 0 Å². The molecule has 2 unspecified atom stereocenters. The monoisotopic (exact) mass is 390 g/mol. The van der Waals surface area contributed by atoms with Gasteiger partial charge in [-0.25, -0.2) is 0 Å². The van der Waals surface area contributed by atoms with Crippen molar-refractivity contribution in [1.82, 2.24) is 9.80 Å². The van der Waals surface area contributed by atoms with Crippen molar-refractivity contribution in [3.05, 3.63) is 0 Å². The summed E-state index contributed by atoms with van der Waals surface area (Å²) in [4.78, 5) is 39.8. The van der Waals surface area contributed by atoms with Crippen LogP contribution in [0, 0.1) is 23.7 Å². The molecule has 27 heavy (non-hydrogen) atoms. The summed E-state index contributed by atoms with van der Waals surface area (Å²) in [6.07, 6.45) is -0.225. The van der Waals surface area contributed by atoms with Gasteiger partial charge in [-0.15, -0.1) is 0 Å². The van der Waals surface area contributed by atoms with Crippen molar-refractivity contribution in [2.45, 2.75) is 44.7 Å². The van der Waals surface area contributed by atoms with Crippen molar-refractivity contribution >= 4 is 17.8 Å². The van der Waals surface area contributed by atoms with Crippen LogP contribution in [0.2, 0.25) is 0 Å². The van der Waals surface area contributed by atoms with Gasteiger partial charge in [0.15, 0.2) is 0 Å². The van der Waals surface area contributed by atoms with E-state index in [1.54, 1.807) is 4.90 Å². The smallest absolute Gasteiger partial charge is 0.394 e. The van der Waals surface area contributed by atoms with E-state index in [1.807, 2.05) is 0 Å². The number of carbonyl (C=O) groups excluding carboxylic acids is 2. The number of alkyl halides is 3. The highest BCUT2D eigenvalue weighted by Gasteiger charge is 2.54. The van der Waals surface area contributed by atoms with E-state index >= 15 is 0 Å². The molecule has 0 aromatic rings. The summed E-state index contributed by atoms with van der Waals surface area (Å²) in [5, 5.41) is 9.14. The third-order valence-electron chi connectivity index (χ3n) is 6.19. The van der Waals surface area contributed by atoms with Gasteiger partial charge in [-0.05, 0) is 25.7 Å². The van der Waals surface area contributed by atoms with Crippen LogP contribution in [0.25, 0.3) is 0 Å². The Morgan fingerprint density at radius 1 is 0.778 bits per heavy atom. The fraction of sp³-hybridized carbons (Fsp3) is 0.833. The summed E-state index contributed by atoms with van der Waals surface area (Å²) in [5.74, 6) is -6.97. The maximum absolute atomic E-state index is 13.2. The van der Waals surface area contributed by atoms with Gasteiger partial charge in [-0.3, -0.25) is 14.4 Å². The molecule has 1 N–H and O–H groups in total. The fourth-order valence-electron chi connectivity index (χ4n) is 4.69. The largest absolute Gasteiger partial charge is 0.481 e. The summed E-state index contributed by atoms with van der Waals surface area (Å²) in [6, 6.07) is 0. The number of amides is 2. The van der Waals surface area contributed by atoms with Gasteiger partial charge in [0.25, 0.3) is 0 Å². The molecule has 3 fully saturated rings. The van der Waals surface area contributed by atoms with Crippen molar-refractivity contribution in [2.24, 2.45) is 23.7 Å². The lowest BCUT2D eigenvalue weighted by Gasteiger charge is -2.34. The van der Waals surface area contributed by atoms with E-state index in [-0.39, 0.29) is 5.91 Å². The second-order valence-electron chi connectivity index (χ2n) is 7.87. The topological polar surface area (TPSA) is 77.9 Å². The summed E-state index contributed by atoms with van der Waals surface area (Å²) in [6.45, 7) is 0.244. The highest BCUT2D eigenvalue weighted by Crippen LogP contribution is 2.40. The Bertz CT molecular complexity index is 604. The van der Waals surface area contributed by atoms with E-state index in [9.17, 15) is 27.6 Å². The van der Waals surface area contributed by atoms with Gasteiger partial charge >= 0.3 is 12.1 Å². The first-order valence-corrected chi connectivity index (χ1v) is 9.57. The molecule has 2 amide bonds. The van der Waals surface area contributed by atoms with Crippen LogP contribution in [0.1, 0.15) is 38.5 Å². The van der Waals surface area contributed by atoms with Crippen molar-refractivity contribution in [2.75, 3.05) is 26.2 Å².